The molecule has 1 aliphatic heterocycles. The molecule has 2 aromatic carbocycles. The van der Waals surface area contributed by atoms with Gasteiger partial charge in [-0.2, -0.15) is 0 Å². The Morgan fingerprint density at radius 3 is 2.50 bits per heavy atom. The molecule has 36 heavy (non-hydrogen) atoms. The second kappa shape index (κ2) is 9.88. The maximum atomic E-state index is 14.1. The van der Waals surface area contributed by atoms with E-state index in [4.69, 9.17) is 9.47 Å². The van der Waals surface area contributed by atoms with E-state index in [2.05, 4.69) is 5.32 Å². The molecule has 0 unspecified atom stereocenters. The zero-order valence-corrected chi connectivity index (χ0v) is 21.4. The van der Waals surface area contributed by atoms with Gasteiger partial charge in [0.1, 0.15) is 11.2 Å². The maximum absolute atomic E-state index is 14.1. The van der Waals surface area contributed by atoms with Gasteiger partial charge < -0.3 is 24.3 Å². The van der Waals surface area contributed by atoms with Crippen molar-refractivity contribution in [1.29, 1.82) is 0 Å². The molecule has 7 heteroatoms. The predicted molar refractivity (Wildman–Crippen MR) is 139 cm³/mol. The lowest BCUT2D eigenvalue weighted by Crippen LogP contribution is -2.64. The average molecular weight is 490 g/mol. The van der Waals surface area contributed by atoms with Crippen molar-refractivity contribution in [1.82, 2.24) is 14.8 Å². The van der Waals surface area contributed by atoms with Crippen LogP contribution in [0.3, 0.4) is 0 Å². The van der Waals surface area contributed by atoms with Crippen LogP contribution < -0.4 is 14.8 Å². The summed E-state index contributed by atoms with van der Waals surface area (Å²) in [5.74, 6) is 0.900. The summed E-state index contributed by atoms with van der Waals surface area (Å²) in [7, 11) is 3.19. The van der Waals surface area contributed by atoms with Crippen LogP contribution in [-0.2, 0) is 17.9 Å². The fourth-order valence-corrected chi connectivity index (χ4v) is 5.77. The molecule has 1 N–H and O–H groups in total. The molecule has 1 atom stereocenters. The first-order chi connectivity index (χ1) is 17.5. The lowest BCUT2D eigenvalue weighted by Gasteiger charge is -2.44. The van der Waals surface area contributed by atoms with Crippen LogP contribution in [0, 0.1) is 0 Å². The van der Waals surface area contributed by atoms with Crippen LogP contribution in [0.25, 0.3) is 10.9 Å². The molecule has 2 amide bonds. The first kappa shape index (κ1) is 24.2. The number of carbonyl (C=O) groups is 2. The van der Waals surface area contributed by atoms with Gasteiger partial charge in [-0.1, -0.05) is 56.0 Å². The highest BCUT2D eigenvalue weighted by Gasteiger charge is 2.48. The number of nitrogens with zero attached hydrogens (tertiary/aromatic N) is 2. The van der Waals surface area contributed by atoms with Crippen molar-refractivity contribution in [2.75, 3.05) is 14.2 Å². The zero-order chi connectivity index (χ0) is 25.3. The SMILES string of the molecule is COc1cccc(CN2C(=O)c3cc4ccccc4n3C[C@@]2(C)C(=O)NC2CCCCCC2)c1OC. The summed E-state index contributed by atoms with van der Waals surface area (Å²) in [6.45, 7) is 2.50. The van der Waals surface area contributed by atoms with E-state index in [0.29, 0.717) is 23.7 Å². The van der Waals surface area contributed by atoms with E-state index >= 15 is 0 Å². The van der Waals surface area contributed by atoms with Gasteiger partial charge in [-0.15, -0.1) is 0 Å². The van der Waals surface area contributed by atoms with E-state index in [1.807, 2.05) is 60.0 Å². The minimum atomic E-state index is -1.08. The predicted octanol–water partition coefficient (Wildman–Crippen LogP) is 4.91. The van der Waals surface area contributed by atoms with Gasteiger partial charge in [-0.3, -0.25) is 9.59 Å². The standard InChI is InChI=1S/C29H35N3O4/c1-29(28(34)30-22-13-6-4-5-7-14-22)19-31-23-15-9-8-11-20(23)17-24(31)27(33)32(29)18-21-12-10-16-25(35-2)26(21)36-3/h8-12,15-17,22H,4-7,13-14,18-19H2,1-3H3,(H,30,34)/t29-/m0/s1. The summed E-state index contributed by atoms with van der Waals surface area (Å²) in [6, 6.07) is 15.7. The molecule has 7 nitrogen and oxygen atoms in total. The number of benzene rings is 2. The Kier molecular flexibility index (Phi) is 6.65. The van der Waals surface area contributed by atoms with E-state index in [1.165, 1.54) is 12.8 Å². The van der Waals surface area contributed by atoms with Gasteiger partial charge in [0.15, 0.2) is 11.5 Å². The molecule has 2 heterocycles. The number of ether oxygens (including phenoxy) is 2. The molecule has 5 rings (SSSR count). The number of para-hydroxylation sites is 2. The number of nitrogens with one attached hydrogen (secondary N) is 1. The number of hydrogen-bond acceptors (Lipinski definition) is 4. The molecule has 1 aromatic heterocycles. The molecule has 3 aromatic rings. The van der Waals surface area contributed by atoms with Crippen molar-refractivity contribution in [3.8, 4) is 11.5 Å². The summed E-state index contributed by atoms with van der Waals surface area (Å²) in [5.41, 5.74) is 1.28. The second-order valence-electron chi connectivity index (χ2n) is 10.2. The van der Waals surface area contributed by atoms with Gasteiger partial charge in [-0.25, -0.2) is 0 Å². The highest BCUT2D eigenvalue weighted by atomic mass is 16.5. The Bertz CT molecular complexity index is 1270. The Morgan fingerprint density at radius 1 is 1.03 bits per heavy atom. The van der Waals surface area contributed by atoms with Gasteiger partial charge >= 0.3 is 0 Å². The second-order valence-corrected chi connectivity index (χ2v) is 10.2. The van der Waals surface area contributed by atoms with E-state index in [-0.39, 0.29) is 24.4 Å². The summed E-state index contributed by atoms with van der Waals surface area (Å²) in [4.78, 5) is 29.8. The summed E-state index contributed by atoms with van der Waals surface area (Å²) in [5, 5.41) is 4.32. The highest BCUT2D eigenvalue weighted by molar-refractivity contribution is 6.03. The van der Waals surface area contributed by atoms with Gasteiger partial charge in [-0.05, 0) is 38.0 Å². The van der Waals surface area contributed by atoms with Crippen LogP contribution in [0.2, 0.25) is 0 Å². The van der Waals surface area contributed by atoms with Crippen molar-refractivity contribution in [3.05, 3.63) is 59.8 Å². The largest absolute Gasteiger partial charge is 0.493 e. The highest BCUT2D eigenvalue weighted by Crippen LogP contribution is 2.37. The lowest BCUT2D eigenvalue weighted by atomic mass is 9.92. The maximum Gasteiger partial charge on any atom is 0.271 e. The molecule has 190 valence electrons. The molecule has 0 bridgehead atoms. The fourth-order valence-electron chi connectivity index (χ4n) is 5.77. The summed E-state index contributed by atoms with van der Waals surface area (Å²) >= 11 is 0. The summed E-state index contributed by atoms with van der Waals surface area (Å²) < 4.78 is 13.1. The number of aromatic nitrogens is 1. The minimum absolute atomic E-state index is 0.104. The van der Waals surface area contributed by atoms with Crippen LogP contribution in [0.15, 0.2) is 48.5 Å². The van der Waals surface area contributed by atoms with Crippen molar-refractivity contribution < 1.29 is 19.1 Å². The quantitative estimate of drug-likeness (QED) is 0.499. The van der Waals surface area contributed by atoms with E-state index in [1.54, 1.807) is 19.1 Å². The molecule has 1 saturated carbocycles. The monoisotopic (exact) mass is 489 g/mol. The van der Waals surface area contributed by atoms with Crippen molar-refractivity contribution >= 4 is 22.7 Å². The molecule has 0 spiro atoms. The van der Waals surface area contributed by atoms with Crippen LogP contribution in [-0.4, -0.2) is 47.1 Å². The van der Waals surface area contributed by atoms with Crippen molar-refractivity contribution in [2.45, 2.75) is 70.1 Å². The van der Waals surface area contributed by atoms with E-state index in [0.717, 1.165) is 42.1 Å². The van der Waals surface area contributed by atoms with Crippen LogP contribution in [0.5, 0.6) is 11.5 Å². The van der Waals surface area contributed by atoms with Gasteiger partial charge in [0.05, 0.1) is 27.3 Å². The molecular formula is C29H35N3O4. The number of amides is 2. The molecular weight excluding hydrogens is 454 g/mol. The van der Waals surface area contributed by atoms with Crippen LogP contribution in [0.4, 0.5) is 0 Å². The van der Waals surface area contributed by atoms with Crippen molar-refractivity contribution in [2.24, 2.45) is 0 Å². The Balaban J connectivity index is 1.56. The third-order valence-corrected chi connectivity index (χ3v) is 7.83. The number of rotatable bonds is 6. The van der Waals surface area contributed by atoms with Gasteiger partial charge in [0.2, 0.25) is 5.91 Å². The lowest BCUT2D eigenvalue weighted by molar-refractivity contribution is -0.134. The molecule has 2 aliphatic rings. The minimum Gasteiger partial charge on any atom is -0.493 e. The summed E-state index contributed by atoms with van der Waals surface area (Å²) in [6.07, 6.45) is 6.63. The Hall–Kier alpha value is -3.48. The van der Waals surface area contributed by atoms with Gasteiger partial charge in [0, 0.05) is 22.5 Å². The normalized spacial score (nSPS) is 20.6. The first-order valence-corrected chi connectivity index (χ1v) is 12.9. The molecule has 0 radical (unpaired) electrons. The third kappa shape index (κ3) is 4.21. The zero-order valence-electron chi connectivity index (χ0n) is 21.4. The number of hydrogen-bond donors (Lipinski definition) is 1. The van der Waals surface area contributed by atoms with E-state index < -0.39 is 5.54 Å². The van der Waals surface area contributed by atoms with E-state index in [9.17, 15) is 9.59 Å². The Morgan fingerprint density at radius 2 is 1.78 bits per heavy atom. The molecule has 1 aliphatic carbocycles. The van der Waals surface area contributed by atoms with Crippen molar-refractivity contribution in [3.63, 3.8) is 0 Å². The molecule has 1 fully saturated rings. The number of methoxy groups -OCH3 is 2. The fraction of sp³-hybridized carbons (Fsp3) is 0.448. The smallest absolute Gasteiger partial charge is 0.271 e. The first-order valence-electron chi connectivity index (χ1n) is 12.9. The van der Waals surface area contributed by atoms with Crippen LogP contribution >= 0.6 is 0 Å². The molecule has 0 saturated heterocycles. The number of fused-ring (bicyclic) bond motifs is 3. The van der Waals surface area contributed by atoms with Gasteiger partial charge in [0.25, 0.3) is 5.91 Å². The Labute approximate surface area is 212 Å². The third-order valence-electron chi connectivity index (χ3n) is 7.83. The topological polar surface area (TPSA) is 72.8 Å². The number of carbonyl (C=O) groups excluding carboxylic acids is 2. The van der Waals surface area contributed by atoms with Crippen LogP contribution in [0.1, 0.15) is 61.5 Å². The average Bonchev–Trinajstić information content (AvgIpc) is 3.06.